The summed E-state index contributed by atoms with van der Waals surface area (Å²) in [6.07, 6.45) is 54.2. The van der Waals surface area contributed by atoms with Gasteiger partial charge in [0.15, 0.2) is 0 Å². The smallest absolute Gasteiger partial charge is 0.130 e. The number of carbonyl (C=O) groups excluding carboxylic acids is 5. The molecule has 0 aliphatic heterocycles. The monoisotopic (exact) mass is 1590 g/mol. The minimum atomic E-state index is -0.814. The van der Waals surface area contributed by atoms with Gasteiger partial charge in [0.1, 0.15) is 71.5 Å². The second-order valence-electron chi connectivity index (χ2n) is 27.4. The number of ether oxygens (including phenoxy) is 1. The lowest BCUT2D eigenvalue weighted by molar-refractivity contribution is -0.119. The van der Waals surface area contributed by atoms with E-state index in [4.69, 9.17) is 47.2 Å². The molecular formula is C94H117Cl2FO16. The Morgan fingerprint density at radius 3 is 1.39 bits per heavy atom. The van der Waals surface area contributed by atoms with Crippen LogP contribution in [0.25, 0.3) is 0 Å². The second-order valence-corrected chi connectivity index (χ2v) is 28.2. The van der Waals surface area contributed by atoms with Crippen LogP contribution in [0.1, 0.15) is 183 Å². The zero-order chi connectivity index (χ0) is 85.2. The molecular weight excluding hydrogens is 1470 g/mol. The maximum Gasteiger partial charge on any atom is 0.130 e. The van der Waals surface area contributed by atoms with Crippen LogP contribution in [0.5, 0.6) is 5.75 Å². The summed E-state index contributed by atoms with van der Waals surface area (Å²) in [7, 11) is 0. The molecule has 2 aromatic rings. The van der Waals surface area contributed by atoms with Gasteiger partial charge in [0.25, 0.3) is 0 Å². The lowest BCUT2D eigenvalue weighted by atomic mass is 9.82. The van der Waals surface area contributed by atoms with E-state index in [1.54, 1.807) is 135 Å². The molecule has 610 valence electrons. The highest BCUT2D eigenvalue weighted by molar-refractivity contribution is 6.42. The normalized spacial score (nSPS) is 15.9. The molecule has 12 atom stereocenters. The number of carbonyl (C=O) groups is 5. The Balaban J connectivity index is 0. The molecule has 0 radical (unpaired) electrons. The number of rotatable bonds is 41. The molecule has 1 saturated carbocycles. The van der Waals surface area contributed by atoms with Crippen LogP contribution in [0.2, 0.25) is 10.0 Å². The molecule has 0 saturated heterocycles. The molecule has 10 N–H and O–H groups in total. The standard InChI is InChI=1S/C22H22Cl2O3.C22H27FO4.2C17H24O3.C16H20O3/c1-17(25)8-6-12-19(26)10-4-2-3-5-11-20(27)13-7-9-18-14-15-21(23)22(24)16-18;1-17(24)14-22(2,3)15-19(25)8-6-4-5-7-9-20(26)16-27-21-12-10-18(23)11-13-21;1-3-7-15(19)10-5-4-9-14-12-16(14)17(20)11-6-8-13(2)18;1-4-8-16(19)11-6-5-9-14(2)13-17(20)12-7-10-15(3)18;1-3-9-15(18)11-6-4-5-7-12-16(19)13-8-10-14(2)17/h2-3,5,11,14-16,19-20,26-27H,6,8,12-13H2,1H3;4-5,7,9-13,19-20,25-26H,14-16H2,1-3H3;1,4-5,9-10,14-17,19-20H,6-8,11-12H2,2H3;1,5-6,9,11,13,16-17,19-20H,7-8,10,12H2,2-3H3;1,4-6,11,15-16,18-19H,8-10,13H2,2H3/b3-2+,11-5+;5-4+,9-7+;9-4+,10-5+;9-5+,11-6+,14-13-;5-4+,11-6+/t2*19-,20+;14-,15-,16+,17+;16-,17?;15-,16-/m11111/s1. The van der Waals surface area contributed by atoms with E-state index in [0.717, 1.165) is 24.0 Å². The lowest BCUT2D eigenvalue weighted by Crippen LogP contribution is -2.22. The third-order valence-corrected chi connectivity index (χ3v) is 16.0. The minimum absolute atomic E-state index is 0.0472. The quantitative estimate of drug-likeness (QED) is 0.0219. The zero-order valence-electron chi connectivity index (χ0n) is 66.5. The fourth-order valence-corrected chi connectivity index (χ4v) is 9.88. The number of terminal acetylenes is 3. The van der Waals surface area contributed by atoms with Crippen molar-refractivity contribution in [1.29, 1.82) is 0 Å². The van der Waals surface area contributed by atoms with Gasteiger partial charge in [-0.1, -0.05) is 199 Å². The first-order valence-electron chi connectivity index (χ1n) is 37.4. The van der Waals surface area contributed by atoms with Gasteiger partial charge in [0, 0.05) is 63.4 Å². The van der Waals surface area contributed by atoms with Crippen LogP contribution < -0.4 is 4.74 Å². The Hall–Kier alpha value is -9.24. The molecule has 1 fully saturated rings. The molecule has 0 aromatic heterocycles. The highest BCUT2D eigenvalue weighted by Crippen LogP contribution is 2.43. The van der Waals surface area contributed by atoms with E-state index in [-0.39, 0.29) is 65.7 Å². The van der Waals surface area contributed by atoms with Crippen LogP contribution in [-0.2, 0) is 24.0 Å². The topological polar surface area (TPSA) is 297 Å². The highest BCUT2D eigenvalue weighted by Gasteiger charge is 2.40. The van der Waals surface area contributed by atoms with Crippen LogP contribution in [0.15, 0.2) is 176 Å². The predicted octanol–water partition coefficient (Wildman–Crippen LogP) is 14.2. The number of benzene rings is 2. The summed E-state index contributed by atoms with van der Waals surface area (Å²) < 4.78 is 18.1. The number of Topliss-reactive ketones (excluding diaryl/α,β-unsaturated/α-hetero) is 5. The van der Waals surface area contributed by atoms with E-state index in [0.29, 0.717) is 124 Å². The van der Waals surface area contributed by atoms with Gasteiger partial charge in [-0.2, -0.15) is 0 Å². The summed E-state index contributed by atoms with van der Waals surface area (Å²) in [6.45, 7) is 13.5. The molecule has 113 heavy (non-hydrogen) atoms. The van der Waals surface area contributed by atoms with Crippen molar-refractivity contribution in [2.24, 2.45) is 17.3 Å². The van der Waals surface area contributed by atoms with Crippen molar-refractivity contribution in [3.05, 3.63) is 197 Å². The van der Waals surface area contributed by atoms with Crippen molar-refractivity contribution in [1.82, 2.24) is 0 Å². The second kappa shape index (κ2) is 67.3. The number of allylic oxidation sites excluding steroid dienone is 16. The summed E-state index contributed by atoms with van der Waals surface area (Å²) in [5.74, 6) is 30.6. The Morgan fingerprint density at radius 1 is 0.513 bits per heavy atom. The van der Waals surface area contributed by atoms with Crippen LogP contribution >= 0.6 is 23.2 Å². The van der Waals surface area contributed by atoms with E-state index in [2.05, 4.69) is 71.2 Å². The third-order valence-electron chi connectivity index (χ3n) is 15.3. The van der Waals surface area contributed by atoms with E-state index in [1.807, 2.05) is 32.9 Å². The summed E-state index contributed by atoms with van der Waals surface area (Å²) in [6, 6.07) is 10.7. The number of aliphatic hydroxyl groups excluding tert-OH is 10. The Labute approximate surface area is 681 Å². The predicted molar refractivity (Wildman–Crippen MR) is 452 cm³/mol. The van der Waals surface area contributed by atoms with Gasteiger partial charge in [-0.25, -0.2) is 4.39 Å². The fraction of sp³-hybridized carbons (Fsp3) is 0.436. The SMILES string of the molecule is C#CC[C@@H](O)/C=C/C=C/C#C[C@@H](O)CCCC(C)=O.C#CC[C@@H](O)/C=C/C=C/C(C)=C\C(O)CCCC(C)=O.C#CC[C@@H](O)/C=C/C=C/[C@@H]1C[C@@H]1[C@@H](O)CCCC(C)=O.CC(=O)CC(C)(C)C[C@H](O)C#C/C=C/C=C/[C@H](O)COc1ccc(F)cc1.CC(=O)CCC[C@H](O)C#C/C=C/C=C/[C@H](O)CC#Cc1ccc(Cl)c(Cl)c1. The summed E-state index contributed by atoms with van der Waals surface area (Å²) in [5, 5.41) is 97.3. The van der Waals surface area contributed by atoms with Crippen molar-refractivity contribution in [2.75, 3.05) is 6.61 Å². The van der Waals surface area contributed by atoms with Gasteiger partial charge >= 0.3 is 0 Å². The average Bonchev–Trinajstić information content (AvgIpc) is 1.68. The largest absolute Gasteiger partial charge is 0.491 e. The van der Waals surface area contributed by atoms with E-state index in [1.165, 1.54) is 51.1 Å². The van der Waals surface area contributed by atoms with Crippen LogP contribution in [0.3, 0.4) is 0 Å². The molecule has 0 heterocycles. The molecule has 0 bridgehead atoms. The zero-order valence-corrected chi connectivity index (χ0v) is 68.0. The molecule has 1 aliphatic rings. The number of hydrogen-bond acceptors (Lipinski definition) is 16. The van der Waals surface area contributed by atoms with Gasteiger partial charge in [-0.3, -0.25) is 0 Å². The number of aliphatic hydroxyl groups is 10. The molecule has 0 amide bonds. The van der Waals surface area contributed by atoms with E-state index < -0.39 is 54.9 Å². The van der Waals surface area contributed by atoms with Crippen LogP contribution in [0, 0.1) is 107 Å². The first-order valence-corrected chi connectivity index (χ1v) is 38.2. The van der Waals surface area contributed by atoms with Gasteiger partial charge in [0.2, 0.25) is 0 Å². The molecule has 16 nitrogen and oxygen atoms in total. The fourth-order valence-electron chi connectivity index (χ4n) is 9.58. The number of hydrogen-bond donors (Lipinski definition) is 10. The third kappa shape index (κ3) is 69.2. The first kappa shape index (κ1) is 106. The van der Waals surface area contributed by atoms with Gasteiger partial charge in [-0.05, 0) is 184 Å². The maximum absolute atomic E-state index is 12.8. The Morgan fingerprint density at radius 2 is 0.938 bits per heavy atom. The summed E-state index contributed by atoms with van der Waals surface area (Å²) >= 11 is 11.8. The number of halogens is 3. The molecule has 3 rings (SSSR count). The first-order chi connectivity index (χ1) is 53.6. The van der Waals surface area contributed by atoms with Crippen molar-refractivity contribution in [3.63, 3.8) is 0 Å². The van der Waals surface area contributed by atoms with Crippen LogP contribution in [-0.4, -0.2) is 148 Å². The molecule has 0 spiro atoms. The number of ketones is 5. The van der Waals surface area contributed by atoms with E-state index >= 15 is 0 Å². The van der Waals surface area contributed by atoms with Crippen molar-refractivity contribution >= 4 is 52.1 Å². The Bertz CT molecular complexity index is 3890. The van der Waals surface area contributed by atoms with Crippen molar-refractivity contribution < 1.29 is 84.2 Å². The molecule has 19 heteroatoms. The van der Waals surface area contributed by atoms with Gasteiger partial charge < -0.3 is 79.8 Å². The lowest BCUT2D eigenvalue weighted by Gasteiger charge is -2.23. The van der Waals surface area contributed by atoms with Crippen molar-refractivity contribution in [2.45, 2.75) is 238 Å². The van der Waals surface area contributed by atoms with Crippen LogP contribution in [0.4, 0.5) is 4.39 Å². The average molecular weight is 1590 g/mol. The maximum atomic E-state index is 12.8. The van der Waals surface area contributed by atoms with E-state index in [9.17, 15) is 79.4 Å². The van der Waals surface area contributed by atoms with Crippen molar-refractivity contribution in [3.8, 4) is 90.1 Å². The summed E-state index contributed by atoms with van der Waals surface area (Å²) in [4.78, 5) is 54.3. The highest BCUT2D eigenvalue weighted by atomic mass is 35.5. The molecule has 1 aliphatic carbocycles. The Kier molecular flexibility index (Phi) is 63.0. The minimum Gasteiger partial charge on any atom is -0.491 e. The molecule has 1 unspecified atom stereocenters. The molecule has 2 aromatic carbocycles. The van der Waals surface area contributed by atoms with Gasteiger partial charge in [0.05, 0.1) is 46.7 Å². The van der Waals surface area contributed by atoms with Gasteiger partial charge in [-0.15, -0.1) is 37.0 Å². The summed E-state index contributed by atoms with van der Waals surface area (Å²) in [5.41, 5.74) is 1.37.